The molecule has 0 spiro atoms. The van der Waals surface area contributed by atoms with E-state index in [1.807, 2.05) is 5.32 Å². The molecule has 2 aliphatic rings. The largest absolute Gasteiger partial charge is 0.477 e. The van der Waals surface area contributed by atoms with Crippen LogP contribution in [0.3, 0.4) is 0 Å². The van der Waals surface area contributed by atoms with E-state index < -0.39 is 52.5 Å². The molecule has 178 valence electrons. The average Bonchev–Trinajstić information content (AvgIpc) is 3.49. The van der Waals surface area contributed by atoms with Crippen molar-refractivity contribution in [3.05, 3.63) is 33.4 Å². The second-order valence-electron chi connectivity index (χ2n) is 8.70. The molecule has 1 saturated heterocycles. The van der Waals surface area contributed by atoms with Crippen molar-refractivity contribution in [3.8, 4) is 0 Å². The van der Waals surface area contributed by atoms with Gasteiger partial charge in [0.05, 0.1) is 28.3 Å². The van der Waals surface area contributed by atoms with Gasteiger partial charge in [-0.2, -0.15) is 13.2 Å². The first-order valence-corrected chi connectivity index (χ1v) is 10.3. The lowest BCUT2D eigenvalue weighted by atomic mass is 10.0. The number of nitrogens with two attached hydrogens (primary N) is 1. The number of carbonyl (C=O) groups is 2. The molecule has 0 unspecified atom stereocenters. The number of carboxylic acids is 1. The highest BCUT2D eigenvalue weighted by Crippen LogP contribution is 2.42. The molecule has 2 aromatic rings. The van der Waals surface area contributed by atoms with Gasteiger partial charge < -0.3 is 25.6 Å². The number of carbonyl (C=O) groups excluding carboxylic acids is 1. The van der Waals surface area contributed by atoms with E-state index in [-0.39, 0.29) is 30.2 Å². The molecule has 1 aliphatic carbocycles. The zero-order valence-electron chi connectivity index (χ0n) is 17.8. The Kier molecular flexibility index (Phi) is 5.29. The fourth-order valence-corrected chi connectivity index (χ4v) is 4.54. The molecule has 0 bridgehead atoms. The van der Waals surface area contributed by atoms with E-state index in [2.05, 4.69) is 0 Å². The highest BCUT2D eigenvalue weighted by molar-refractivity contribution is 6.01. The fraction of sp³-hybridized carbons (Fsp3) is 0.476. The number of nitrogen functional groups attached to an aromatic ring is 1. The first kappa shape index (κ1) is 22.9. The average molecular weight is 470 g/mol. The Labute approximate surface area is 185 Å². The minimum atomic E-state index is -5.04. The number of halogens is 4. The van der Waals surface area contributed by atoms with Gasteiger partial charge in [0.2, 0.25) is 5.43 Å². The van der Waals surface area contributed by atoms with Gasteiger partial charge in [-0.25, -0.2) is 9.18 Å². The number of pyridine rings is 1. The normalized spacial score (nSPS) is 21.0. The number of aromatic nitrogens is 1. The number of nitrogens with one attached hydrogen (secondary N) is 1. The van der Waals surface area contributed by atoms with Crippen LogP contribution in [0.1, 0.15) is 41.7 Å². The summed E-state index contributed by atoms with van der Waals surface area (Å²) in [5.41, 5.74) is 4.72. The summed E-state index contributed by atoms with van der Waals surface area (Å²) in [7, 11) is 0. The van der Waals surface area contributed by atoms with Crippen LogP contribution < -0.4 is 21.4 Å². The summed E-state index contributed by atoms with van der Waals surface area (Å²) < 4.78 is 55.2. The van der Waals surface area contributed by atoms with Gasteiger partial charge in [-0.05, 0) is 31.2 Å². The van der Waals surface area contributed by atoms with Crippen LogP contribution >= 0.6 is 0 Å². The maximum atomic E-state index is 15.5. The van der Waals surface area contributed by atoms with Crippen molar-refractivity contribution < 1.29 is 32.3 Å². The van der Waals surface area contributed by atoms with Crippen molar-refractivity contribution in [1.82, 2.24) is 9.88 Å². The summed E-state index contributed by atoms with van der Waals surface area (Å²) >= 11 is 0. The number of benzene rings is 1. The lowest BCUT2D eigenvalue weighted by Crippen LogP contribution is -2.46. The van der Waals surface area contributed by atoms with Crippen LogP contribution in [0.2, 0.25) is 0 Å². The number of amides is 1. The van der Waals surface area contributed by atoms with Gasteiger partial charge >= 0.3 is 18.1 Å². The van der Waals surface area contributed by atoms with Crippen LogP contribution in [0, 0.1) is 18.7 Å². The van der Waals surface area contributed by atoms with Gasteiger partial charge in [-0.15, -0.1) is 0 Å². The van der Waals surface area contributed by atoms with E-state index in [1.165, 1.54) is 11.1 Å². The quantitative estimate of drug-likeness (QED) is 0.467. The van der Waals surface area contributed by atoms with Gasteiger partial charge in [0.25, 0.3) is 0 Å². The Morgan fingerprint density at radius 3 is 2.42 bits per heavy atom. The third-order valence-electron chi connectivity index (χ3n) is 6.33. The van der Waals surface area contributed by atoms with E-state index in [1.54, 1.807) is 18.4 Å². The Morgan fingerprint density at radius 2 is 1.88 bits per heavy atom. The number of fused-ring (bicyclic) bond motifs is 1. The van der Waals surface area contributed by atoms with Crippen molar-refractivity contribution in [2.24, 2.45) is 5.92 Å². The molecule has 2 atom stereocenters. The Morgan fingerprint density at radius 1 is 1.24 bits per heavy atom. The number of nitrogens with zero attached hydrogens (tertiary/aromatic N) is 2. The summed E-state index contributed by atoms with van der Waals surface area (Å²) in [6, 6.07) is -0.950. The van der Waals surface area contributed by atoms with Gasteiger partial charge in [0.15, 0.2) is 5.82 Å². The Hall–Kier alpha value is -3.31. The fourth-order valence-electron chi connectivity index (χ4n) is 4.54. The number of aromatic carboxylic acids is 1. The van der Waals surface area contributed by atoms with E-state index >= 15 is 4.39 Å². The summed E-state index contributed by atoms with van der Waals surface area (Å²) in [6.07, 6.45) is -2.31. The minimum absolute atomic E-state index is 0.0208. The third kappa shape index (κ3) is 3.76. The topological polar surface area (TPSA) is 118 Å². The lowest BCUT2D eigenvalue weighted by molar-refractivity contribution is -0.174. The second kappa shape index (κ2) is 7.63. The third-order valence-corrected chi connectivity index (χ3v) is 6.33. The van der Waals surface area contributed by atoms with Crippen LogP contribution in [-0.4, -0.2) is 46.9 Å². The summed E-state index contributed by atoms with van der Waals surface area (Å²) in [6.45, 7) is 3.25. The van der Waals surface area contributed by atoms with Crippen molar-refractivity contribution in [2.75, 3.05) is 23.7 Å². The van der Waals surface area contributed by atoms with Crippen LogP contribution in [0.4, 0.5) is 28.9 Å². The van der Waals surface area contributed by atoms with Crippen LogP contribution in [-0.2, 0) is 4.79 Å². The summed E-state index contributed by atoms with van der Waals surface area (Å²) in [5, 5.41) is 11.1. The minimum Gasteiger partial charge on any atom is -0.477 e. The Bertz CT molecular complexity index is 1240. The van der Waals surface area contributed by atoms with E-state index in [0.29, 0.717) is 11.1 Å². The highest BCUT2D eigenvalue weighted by atomic mass is 19.4. The van der Waals surface area contributed by atoms with Gasteiger partial charge in [0, 0.05) is 25.3 Å². The molecule has 1 saturated carbocycles. The molecule has 1 amide bonds. The maximum absolute atomic E-state index is 15.5. The lowest BCUT2D eigenvalue weighted by Gasteiger charge is -2.25. The number of rotatable bonds is 4. The molecule has 4 N–H and O–H groups in total. The standard InChI is InChI=1S/C21H22F4N4O4/c1-8-5-28(7-12(8)27-20(33)21(23,24)25)17-9(2)16-13(15(26)14(17)22)18(30)11(19(31)32)6-29(16)10-3-4-10/h6,8,10,12H,3-5,7,26H2,1-2H3,(H,27,33)(H,31,32)/t8-,12-/m1/s1. The van der Waals surface area contributed by atoms with E-state index in [0.717, 1.165) is 12.8 Å². The zero-order chi connectivity index (χ0) is 24.4. The van der Waals surface area contributed by atoms with Gasteiger partial charge in [-0.1, -0.05) is 6.92 Å². The first-order chi connectivity index (χ1) is 15.3. The number of hydrogen-bond donors (Lipinski definition) is 3. The van der Waals surface area contributed by atoms with Crippen molar-refractivity contribution in [1.29, 1.82) is 0 Å². The van der Waals surface area contributed by atoms with Crippen LogP contribution in [0.25, 0.3) is 10.9 Å². The maximum Gasteiger partial charge on any atom is 0.471 e. The van der Waals surface area contributed by atoms with Crippen LogP contribution in [0.15, 0.2) is 11.0 Å². The van der Waals surface area contributed by atoms with Crippen molar-refractivity contribution >= 4 is 34.2 Å². The molecule has 8 nitrogen and oxygen atoms in total. The van der Waals surface area contributed by atoms with E-state index in [4.69, 9.17) is 5.73 Å². The number of hydrogen-bond acceptors (Lipinski definition) is 5. The highest BCUT2D eigenvalue weighted by Gasteiger charge is 2.43. The first-order valence-electron chi connectivity index (χ1n) is 10.3. The molecule has 1 aromatic heterocycles. The molecular weight excluding hydrogens is 448 g/mol. The monoisotopic (exact) mass is 470 g/mol. The zero-order valence-corrected chi connectivity index (χ0v) is 17.8. The molecule has 2 heterocycles. The summed E-state index contributed by atoms with van der Waals surface area (Å²) in [5.74, 6) is -4.89. The molecule has 12 heteroatoms. The number of carboxylic acid groups (broad SMARTS) is 1. The number of anilines is 2. The molecule has 0 radical (unpaired) electrons. The Balaban J connectivity index is 1.84. The predicted octanol–water partition coefficient (Wildman–Crippen LogP) is 2.57. The molecule has 2 fully saturated rings. The molecule has 1 aliphatic heterocycles. The SMILES string of the molecule is Cc1c(N2C[C@@H](C)[C@H](NC(=O)C(F)(F)F)C2)c(F)c(N)c2c(=O)c(C(=O)O)cn(C3CC3)c12. The molecule has 33 heavy (non-hydrogen) atoms. The smallest absolute Gasteiger partial charge is 0.471 e. The van der Waals surface area contributed by atoms with Crippen molar-refractivity contribution in [2.45, 2.75) is 44.9 Å². The van der Waals surface area contributed by atoms with Crippen LogP contribution in [0.5, 0.6) is 0 Å². The van der Waals surface area contributed by atoms with Crippen molar-refractivity contribution in [3.63, 3.8) is 0 Å². The number of aryl methyl sites for hydroxylation is 1. The molecule has 1 aromatic carbocycles. The number of alkyl halides is 3. The van der Waals surface area contributed by atoms with Gasteiger partial charge in [-0.3, -0.25) is 9.59 Å². The molecular formula is C21H22F4N4O4. The molecule has 4 rings (SSSR count). The second-order valence-corrected chi connectivity index (χ2v) is 8.70. The summed E-state index contributed by atoms with van der Waals surface area (Å²) in [4.78, 5) is 37.3. The van der Waals surface area contributed by atoms with Gasteiger partial charge in [0.1, 0.15) is 5.56 Å². The predicted molar refractivity (Wildman–Crippen MR) is 112 cm³/mol. The van der Waals surface area contributed by atoms with E-state index in [9.17, 15) is 32.7 Å².